The Labute approximate surface area is 91.9 Å². The van der Waals surface area contributed by atoms with Crippen molar-refractivity contribution in [2.75, 3.05) is 0 Å². The quantitative estimate of drug-likeness (QED) is 0.683. The molecule has 0 spiro atoms. The van der Waals surface area contributed by atoms with Crippen molar-refractivity contribution in [3.8, 4) is 6.07 Å². The van der Waals surface area contributed by atoms with E-state index in [0.717, 1.165) is 5.39 Å². The highest BCUT2D eigenvalue weighted by Crippen LogP contribution is 2.29. The number of rotatable bonds is 0. The fourth-order valence-corrected chi connectivity index (χ4v) is 2.63. The van der Waals surface area contributed by atoms with Crippen LogP contribution in [0.1, 0.15) is 4.88 Å². The monoisotopic (exact) mass is 303 g/mol. The minimum atomic E-state index is -0.218. The van der Waals surface area contributed by atoms with E-state index in [-0.39, 0.29) is 5.82 Å². The summed E-state index contributed by atoms with van der Waals surface area (Å²) >= 11 is 3.14. The minimum Gasteiger partial charge on any atom is -0.204 e. The summed E-state index contributed by atoms with van der Waals surface area (Å²) in [7, 11) is 0. The van der Waals surface area contributed by atoms with Gasteiger partial charge in [-0.2, -0.15) is 5.26 Å². The molecule has 0 N–H and O–H groups in total. The first-order valence-electron chi connectivity index (χ1n) is 3.50. The van der Waals surface area contributed by atoms with Crippen molar-refractivity contribution in [3.63, 3.8) is 0 Å². The van der Waals surface area contributed by atoms with Gasteiger partial charge < -0.3 is 0 Å². The van der Waals surface area contributed by atoms with Gasteiger partial charge in [0.15, 0.2) is 5.82 Å². The third-order valence-electron chi connectivity index (χ3n) is 1.69. The van der Waals surface area contributed by atoms with Crippen LogP contribution in [0.3, 0.4) is 0 Å². The van der Waals surface area contributed by atoms with E-state index in [9.17, 15) is 4.39 Å². The summed E-state index contributed by atoms with van der Waals surface area (Å²) in [6.45, 7) is 0. The largest absolute Gasteiger partial charge is 0.204 e. The SMILES string of the molecule is N#Cc1cc2ccc(I)c(F)c2s1. The lowest BCUT2D eigenvalue weighted by Crippen LogP contribution is -1.78. The summed E-state index contributed by atoms with van der Waals surface area (Å²) in [5.41, 5.74) is 0. The van der Waals surface area contributed by atoms with Gasteiger partial charge in [0.1, 0.15) is 10.9 Å². The molecule has 13 heavy (non-hydrogen) atoms. The number of hydrogen-bond acceptors (Lipinski definition) is 2. The Morgan fingerprint density at radius 2 is 2.23 bits per heavy atom. The van der Waals surface area contributed by atoms with Crippen molar-refractivity contribution in [3.05, 3.63) is 32.5 Å². The topological polar surface area (TPSA) is 23.8 Å². The summed E-state index contributed by atoms with van der Waals surface area (Å²) in [5.74, 6) is -0.218. The Morgan fingerprint density at radius 1 is 1.46 bits per heavy atom. The van der Waals surface area contributed by atoms with Crippen LogP contribution in [0.4, 0.5) is 4.39 Å². The van der Waals surface area contributed by atoms with Gasteiger partial charge in [-0.15, -0.1) is 11.3 Å². The highest BCUT2D eigenvalue weighted by Gasteiger charge is 2.08. The van der Waals surface area contributed by atoms with Crippen molar-refractivity contribution in [1.29, 1.82) is 5.26 Å². The number of nitrogens with zero attached hydrogens (tertiary/aromatic N) is 1. The fourth-order valence-electron chi connectivity index (χ4n) is 1.10. The Kier molecular flexibility index (Phi) is 2.22. The molecule has 1 aromatic carbocycles. The lowest BCUT2D eigenvalue weighted by molar-refractivity contribution is 0.634. The molecule has 0 radical (unpaired) electrons. The Morgan fingerprint density at radius 3 is 2.92 bits per heavy atom. The maximum atomic E-state index is 13.4. The van der Waals surface area contributed by atoms with Crippen LogP contribution in [-0.4, -0.2) is 0 Å². The van der Waals surface area contributed by atoms with Gasteiger partial charge in [-0.25, -0.2) is 4.39 Å². The molecule has 0 aliphatic heterocycles. The van der Waals surface area contributed by atoms with Crippen molar-refractivity contribution in [1.82, 2.24) is 0 Å². The van der Waals surface area contributed by atoms with Crippen molar-refractivity contribution >= 4 is 44.0 Å². The summed E-state index contributed by atoms with van der Waals surface area (Å²) in [6.07, 6.45) is 0. The van der Waals surface area contributed by atoms with Crippen LogP contribution in [0.15, 0.2) is 18.2 Å². The van der Waals surface area contributed by atoms with E-state index >= 15 is 0 Å². The van der Waals surface area contributed by atoms with Crippen LogP contribution in [0, 0.1) is 20.7 Å². The normalized spacial score (nSPS) is 10.2. The number of fused-ring (bicyclic) bond motifs is 1. The van der Waals surface area contributed by atoms with Crippen molar-refractivity contribution in [2.45, 2.75) is 0 Å². The molecule has 2 rings (SSSR count). The van der Waals surface area contributed by atoms with E-state index < -0.39 is 0 Å². The van der Waals surface area contributed by atoms with Gasteiger partial charge in [0.25, 0.3) is 0 Å². The number of halogens is 2. The zero-order valence-electron chi connectivity index (χ0n) is 6.34. The molecule has 2 aromatic rings. The molecule has 1 aromatic heterocycles. The van der Waals surface area contributed by atoms with Crippen LogP contribution in [0.25, 0.3) is 10.1 Å². The molecule has 0 fully saturated rings. The Balaban J connectivity index is 2.86. The molecule has 0 saturated heterocycles. The van der Waals surface area contributed by atoms with Gasteiger partial charge in [0, 0.05) is 0 Å². The average Bonchev–Trinajstić information content (AvgIpc) is 2.55. The zero-order valence-corrected chi connectivity index (χ0v) is 9.32. The molecule has 0 aliphatic rings. The van der Waals surface area contributed by atoms with Gasteiger partial charge in [-0.05, 0) is 40.1 Å². The second-order valence-corrected chi connectivity index (χ2v) is 4.72. The number of thiophene rings is 1. The third kappa shape index (κ3) is 1.42. The van der Waals surface area contributed by atoms with Crippen LogP contribution >= 0.6 is 33.9 Å². The molecule has 64 valence electrons. The highest BCUT2D eigenvalue weighted by molar-refractivity contribution is 14.1. The minimum absolute atomic E-state index is 0.218. The van der Waals surface area contributed by atoms with Gasteiger partial charge in [0.2, 0.25) is 0 Å². The molecule has 0 atom stereocenters. The first kappa shape index (κ1) is 8.91. The first-order chi connectivity index (χ1) is 6.22. The standard InChI is InChI=1S/C9H3FINS/c10-8-7(11)2-1-5-3-6(4-12)13-9(5)8/h1-3H. The van der Waals surface area contributed by atoms with Gasteiger partial charge in [-0.3, -0.25) is 0 Å². The van der Waals surface area contributed by atoms with Crippen LogP contribution in [0.2, 0.25) is 0 Å². The molecule has 0 aliphatic carbocycles. The van der Waals surface area contributed by atoms with Crippen LogP contribution in [-0.2, 0) is 0 Å². The maximum Gasteiger partial charge on any atom is 0.154 e. The Hall–Kier alpha value is -0.670. The van der Waals surface area contributed by atoms with Gasteiger partial charge in [0.05, 0.1) is 8.27 Å². The molecule has 1 nitrogen and oxygen atoms in total. The molecule has 0 bridgehead atoms. The van der Waals surface area contributed by atoms with E-state index in [4.69, 9.17) is 5.26 Å². The molecule has 4 heteroatoms. The van der Waals surface area contributed by atoms with E-state index in [1.54, 1.807) is 12.1 Å². The highest BCUT2D eigenvalue weighted by atomic mass is 127. The van der Waals surface area contributed by atoms with Gasteiger partial charge in [-0.1, -0.05) is 6.07 Å². The smallest absolute Gasteiger partial charge is 0.154 e. The molecule has 0 unspecified atom stereocenters. The first-order valence-corrected chi connectivity index (χ1v) is 5.39. The molecule has 1 heterocycles. The van der Waals surface area contributed by atoms with Crippen LogP contribution in [0.5, 0.6) is 0 Å². The summed E-state index contributed by atoms with van der Waals surface area (Å²) < 4.78 is 14.6. The van der Waals surface area contributed by atoms with Crippen LogP contribution < -0.4 is 0 Å². The molecule has 0 saturated carbocycles. The van der Waals surface area contributed by atoms with Crippen molar-refractivity contribution < 1.29 is 4.39 Å². The summed E-state index contributed by atoms with van der Waals surface area (Å²) in [5, 5.41) is 9.44. The lowest BCUT2D eigenvalue weighted by Gasteiger charge is -1.93. The number of benzene rings is 1. The number of nitriles is 1. The average molecular weight is 303 g/mol. The summed E-state index contributed by atoms with van der Waals surface area (Å²) in [6, 6.07) is 7.27. The molecule has 0 amide bonds. The Bertz CT molecular complexity index is 512. The van der Waals surface area contributed by atoms with E-state index in [1.807, 2.05) is 34.7 Å². The van der Waals surface area contributed by atoms with E-state index in [0.29, 0.717) is 13.1 Å². The predicted molar refractivity (Wildman–Crippen MR) is 59.2 cm³/mol. The lowest BCUT2D eigenvalue weighted by atomic mass is 10.2. The molecular weight excluding hydrogens is 300 g/mol. The predicted octanol–water partition coefficient (Wildman–Crippen LogP) is 3.52. The van der Waals surface area contributed by atoms with E-state index in [2.05, 4.69) is 0 Å². The van der Waals surface area contributed by atoms with E-state index in [1.165, 1.54) is 11.3 Å². The second kappa shape index (κ2) is 3.24. The molecular formula is C9H3FINS. The summed E-state index contributed by atoms with van der Waals surface area (Å²) in [4.78, 5) is 0.552. The zero-order chi connectivity index (χ0) is 9.42. The van der Waals surface area contributed by atoms with Crippen molar-refractivity contribution in [2.24, 2.45) is 0 Å². The fraction of sp³-hybridized carbons (Fsp3) is 0. The number of hydrogen-bond donors (Lipinski definition) is 0. The second-order valence-electron chi connectivity index (χ2n) is 2.50. The third-order valence-corrected chi connectivity index (χ3v) is 3.57. The maximum absolute atomic E-state index is 13.4. The van der Waals surface area contributed by atoms with Gasteiger partial charge >= 0.3 is 0 Å².